The maximum absolute atomic E-state index is 4.33. The summed E-state index contributed by atoms with van der Waals surface area (Å²) in [4.78, 5) is 6.77. The minimum Gasteiger partial charge on any atom is -0.355 e. The molecule has 1 aliphatic heterocycles. The summed E-state index contributed by atoms with van der Waals surface area (Å²) in [5.74, 6) is 0.925. The number of likely N-dealkylation sites (tertiary alicyclic amines) is 1. The van der Waals surface area contributed by atoms with Gasteiger partial charge in [-0.05, 0) is 32.9 Å². The van der Waals surface area contributed by atoms with Crippen molar-refractivity contribution in [1.82, 2.24) is 15.5 Å². The van der Waals surface area contributed by atoms with Crippen LogP contribution in [-0.2, 0) is 0 Å². The van der Waals surface area contributed by atoms with Gasteiger partial charge in [0.2, 0.25) is 0 Å². The van der Waals surface area contributed by atoms with E-state index >= 15 is 0 Å². The van der Waals surface area contributed by atoms with Gasteiger partial charge in [0.05, 0.1) is 0 Å². The van der Waals surface area contributed by atoms with Crippen molar-refractivity contribution < 1.29 is 0 Å². The van der Waals surface area contributed by atoms with E-state index in [4.69, 9.17) is 0 Å². The Morgan fingerprint density at radius 2 is 2.10 bits per heavy atom. The molecule has 1 rings (SSSR count). The average Bonchev–Trinajstić information content (AvgIpc) is 2.45. The molecule has 0 bridgehead atoms. The van der Waals surface area contributed by atoms with Crippen LogP contribution in [0.25, 0.3) is 0 Å². The molecule has 0 spiro atoms. The quantitative estimate of drug-likeness (QED) is 0.447. The maximum atomic E-state index is 4.33. The van der Waals surface area contributed by atoms with E-state index in [0.717, 1.165) is 32.1 Å². The largest absolute Gasteiger partial charge is 0.355 e. The zero-order valence-electron chi connectivity index (χ0n) is 13.4. The summed E-state index contributed by atoms with van der Waals surface area (Å²) >= 11 is 1.87. The van der Waals surface area contributed by atoms with Crippen molar-refractivity contribution >= 4 is 17.7 Å². The molecule has 0 radical (unpaired) electrons. The molecule has 2 N–H and O–H groups in total. The van der Waals surface area contributed by atoms with E-state index in [0.29, 0.717) is 6.04 Å². The lowest BCUT2D eigenvalue weighted by molar-refractivity contribution is 0.225. The summed E-state index contributed by atoms with van der Waals surface area (Å²) in [5, 5.41) is 6.97. The first-order chi connectivity index (χ1) is 9.50. The molecule has 20 heavy (non-hydrogen) atoms. The highest BCUT2D eigenvalue weighted by atomic mass is 32.2. The number of nitrogens with one attached hydrogen (secondary N) is 2. The van der Waals surface area contributed by atoms with Crippen LogP contribution in [0.3, 0.4) is 0 Å². The zero-order valence-corrected chi connectivity index (χ0v) is 14.2. The van der Waals surface area contributed by atoms with Crippen molar-refractivity contribution in [2.24, 2.45) is 4.99 Å². The first-order valence-corrected chi connectivity index (χ1v) is 8.59. The third-order valence-corrected chi connectivity index (χ3v) is 5.02. The smallest absolute Gasteiger partial charge is 0.191 e. The van der Waals surface area contributed by atoms with Crippen LogP contribution < -0.4 is 10.6 Å². The Kier molecular flexibility index (Phi) is 7.45. The number of thioether (sulfide) groups is 1. The first-order valence-electron chi connectivity index (χ1n) is 7.36. The van der Waals surface area contributed by atoms with Crippen LogP contribution >= 0.6 is 11.8 Å². The van der Waals surface area contributed by atoms with E-state index in [1.165, 1.54) is 12.8 Å². The van der Waals surface area contributed by atoms with Crippen molar-refractivity contribution in [3.63, 3.8) is 0 Å². The molecule has 116 valence electrons. The van der Waals surface area contributed by atoms with E-state index in [1.807, 2.05) is 24.9 Å². The highest BCUT2D eigenvalue weighted by Gasteiger charge is 2.20. The predicted octanol–water partition coefficient (Wildman–Crippen LogP) is 1.94. The van der Waals surface area contributed by atoms with Crippen LogP contribution in [0.1, 0.15) is 26.7 Å². The van der Waals surface area contributed by atoms with Crippen LogP contribution in [0.5, 0.6) is 0 Å². The van der Waals surface area contributed by atoms with Crippen LogP contribution in [0.4, 0.5) is 0 Å². The second kappa shape index (κ2) is 8.57. The molecule has 0 saturated carbocycles. The standard InChI is InChI=1S/C15H30N4S/c1-6-9-19-10-7-13(8-11-19)18-14(16-4)17-12-15(2,3)20-5/h6,13H,1,7-12H2,2-5H3,(H2,16,17,18). The second-order valence-electron chi connectivity index (χ2n) is 5.90. The molecule has 0 amide bonds. The molecule has 0 aliphatic carbocycles. The van der Waals surface area contributed by atoms with E-state index in [9.17, 15) is 0 Å². The Morgan fingerprint density at radius 1 is 1.45 bits per heavy atom. The summed E-state index contributed by atoms with van der Waals surface area (Å²) in [6.45, 7) is 12.5. The van der Waals surface area contributed by atoms with Gasteiger partial charge < -0.3 is 10.6 Å². The van der Waals surface area contributed by atoms with Crippen molar-refractivity contribution in [2.45, 2.75) is 37.5 Å². The normalized spacial score (nSPS) is 18.9. The van der Waals surface area contributed by atoms with Gasteiger partial charge in [-0.1, -0.05) is 6.08 Å². The van der Waals surface area contributed by atoms with Crippen molar-refractivity contribution in [3.05, 3.63) is 12.7 Å². The molecule has 1 heterocycles. The monoisotopic (exact) mass is 298 g/mol. The fourth-order valence-corrected chi connectivity index (χ4v) is 2.42. The van der Waals surface area contributed by atoms with Crippen LogP contribution in [0.2, 0.25) is 0 Å². The number of piperidine rings is 1. The molecular formula is C15H30N4S. The topological polar surface area (TPSA) is 39.7 Å². The lowest BCUT2D eigenvalue weighted by Gasteiger charge is -2.33. The zero-order chi connectivity index (χ0) is 15.0. The first kappa shape index (κ1) is 17.4. The Hall–Kier alpha value is -0.680. The van der Waals surface area contributed by atoms with Crippen molar-refractivity contribution in [2.75, 3.05) is 39.5 Å². The van der Waals surface area contributed by atoms with E-state index in [2.05, 4.69) is 47.2 Å². The SMILES string of the molecule is C=CCN1CCC(NC(=NC)NCC(C)(C)SC)CC1. The molecule has 5 heteroatoms. The molecule has 1 fully saturated rings. The summed E-state index contributed by atoms with van der Waals surface area (Å²) in [6, 6.07) is 0.527. The average molecular weight is 299 g/mol. The number of aliphatic imine (C=N–C) groups is 1. The third kappa shape index (κ3) is 6.18. The van der Waals surface area contributed by atoms with Crippen LogP contribution in [-0.4, -0.2) is 61.1 Å². The van der Waals surface area contributed by atoms with Gasteiger partial charge in [-0.15, -0.1) is 6.58 Å². The molecule has 0 aromatic rings. The Bertz CT molecular complexity index is 320. The molecule has 0 aromatic carbocycles. The third-order valence-electron chi connectivity index (χ3n) is 3.77. The van der Waals surface area contributed by atoms with E-state index in [-0.39, 0.29) is 4.75 Å². The number of nitrogens with zero attached hydrogens (tertiary/aromatic N) is 2. The lowest BCUT2D eigenvalue weighted by Crippen LogP contribution is -2.50. The van der Waals surface area contributed by atoms with E-state index < -0.39 is 0 Å². The number of hydrogen-bond donors (Lipinski definition) is 2. The van der Waals surface area contributed by atoms with Gasteiger partial charge >= 0.3 is 0 Å². The Labute approximate surface area is 128 Å². The molecule has 0 atom stereocenters. The predicted molar refractivity (Wildman–Crippen MR) is 91.8 cm³/mol. The maximum Gasteiger partial charge on any atom is 0.191 e. The molecule has 0 aromatic heterocycles. The minimum atomic E-state index is 0.227. The van der Waals surface area contributed by atoms with Crippen LogP contribution in [0.15, 0.2) is 17.6 Å². The molecule has 1 aliphatic rings. The second-order valence-corrected chi connectivity index (χ2v) is 7.41. The van der Waals surface area contributed by atoms with Gasteiger partial charge in [0.15, 0.2) is 5.96 Å². The summed E-state index contributed by atoms with van der Waals surface area (Å²) in [5.41, 5.74) is 0. The summed E-state index contributed by atoms with van der Waals surface area (Å²) in [6.07, 6.45) is 6.47. The molecule has 4 nitrogen and oxygen atoms in total. The highest BCUT2D eigenvalue weighted by Crippen LogP contribution is 2.19. The van der Waals surface area contributed by atoms with Crippen LogP contribution in [0, 0.1) is 0 Å². The minimum absolute atomic E-state index is 0.227. The van der Waals surface area contributed by atoms with E-state index in [1.54, 1.807) is 0 Å². The Balaban J connectivity index is 2.33. The number of rotatable bonds is 6. The number of hydrogen-bond acceptors (Lipinski definition) is 3. The molecule has 0 unspecified atom stereocenters. The van der Waals surface area contributed by atoms with Gasteiger partial charge in [0, 0.05) is 44.0 Å². The van der Waals surface area contributed by atoms with Gasteiger partial charge in [-0.25, -0.2) is 0 Å². The summed E-state index contributed by atoms with van der Waals surface area (Å²) in [7, 11) is 1.84. The van der Waals surface area contributed by atoms with Crippen molar-refractivity contribution in [3.8, 4) is 0 Å². The fraction of sp³-hybridized carbons (Fsp3) is 0.800. The van der Waals surface area contributed by atoms with Crippen molar-refractivity contribution in [1.29, 1.82) is 0 Å². The molecule has 1 saturated heterocycles. The Morgan fingerprint density at radius 3 is 2.60 bits per heavy atom. The lowest BCUT2D eigenvalue weighted by atomic mass is 10.1. The highest BCUT2D eigenvalue weighted by molar-refractivity contribution is 7.99. The van der Waals surface area contributed by atoms with Gasteiger partial charge in [-0.2, -0.15) is 11.8 Å². The van der Waals surface area contributed by atoms with Gasteiger partial charge in [0.25, 0.3) is 0 Å². The van der Waals surface area contributed by atoms with Gasteiger partial charge in [0.1, 0.15) is 0 Å². The number of guanidine groups is 1. The molecular weight excluding hydrogens is 268 g/mol. The van der Waals surface area contributed by atoms with Gasteiger partial charge in [-0.3, -0.25) is 9.89 Å². The fourth-order valence-electron chi connectivity index (χ4n) is 2.20. The summed E-state index contributed by atoms with van der Waals surface area (Å²) < 4.78 is 0.227.